The summed E-state index contributed by atoms with van der Waals surface area (Å²) in [6.07, 6.45) is 4.10. The molecule has 6 aromatic heterocycles. The molecule has 4 aliphatic heterocycles. The van der Waals surface area contributed by atoms with E-state index in [4.69, 9.17) is 30.1 Å². The molecule has 0 fully saturated rings. The molecule has 6 aromatic rings. The molecule has 10 heterocycles. The number of rotatable bonds is 20. The Morgan fingerprint density at radius 3 is 0.814 bits per heavy atom. The Morgan fingerprint density at radius 1 is 0.340 bits per heavy atom. The van der Waals surface area contributed by atoms with Gasteiger partial charge >= 0.3 is 21.1 Å². The summed E-state index contributed by atoms with van der Waals surface area (Å²) in [7, 11) is 0. The van der Waals surface area contributed by atoms with Crippen molar-refractivity contribution in [1.29, 1.82) is 0 Å². The fourth-order valence-electron chi connectivity index (χ4n) is 12.6. The first-order valence-electron chi connectivity index (χ1n) is 32.4. The van der Waals surface area contributed by atoms with Crippen molar-refractivity contribution in [2.45, 2.75) is 173 Å². The van der Waals surface area contributed by atoms with Crippen LogP contribution in [-0.4, -0.2) is 99.0 Å². The fraction of sp³-hybridized carbons (Fsp3) is 0.378. The Morgan fingerprint density at radius 2 is 0.567 bits per heavy atom. The molecule has 514 valence electrons. The van der Waals surface area contributed by atoms with Gasteiger partial charge in [-0.25, -0.2) is 19.9 Å². The predicted octanol–water partition coefficient (Wildman–Crippen LogP) is 7.66. The number of nitrogens with zero attached hydrogens (tertiary/aromatic N) is 4. The number of aliphatic hydroxyl groups excluding tert-OH is 2. The van der Waals surface area contributed by atoms with Crippen LogP contribution < -0.4 is 31.9 Å². The number of aromatic nitrogens is 8. The maximum Gasteiger partial charge on any atom is 4.00 e. The molecule has 23 heteroatoms. The number of nitrogens with two attached hydrogens (primary N) is 2. The van der Waals surface area contributed by atoms with Crippen molar-refractivity contribution < 1.29 is 80.5 Å². The molecule has 0 spiro atoms. The number of carboxylic acid groups (broad SMARTS) is 4. The smallest absolute Gasteiger partial charge is 0.550 e. The number of amides is 2. The number of fused-ring (bicyclic) bond motifs is 16. The van der Waals surface area contributed by atoms with E-state index in [0.717, 1.165) is 182 Å². The molecule has 22 nitrogen and oxygen atoms in total. The first-order valence-corrected chi connectivity index (χ1v) is 32.4. The second-order valence-corrected chi connectivity index (χ2v) is 24.1. The second-order valence-electron chi connectivity index (χ2n) is 24.1. The van der Waals surface area contributed by atoms with Crippen LogP contribution in [0.1, 0.15) is 210 Å². The number of hydrogen-bond donors (Lipinski definition) is 8. The molecule has 16 bridgehead atoms. The van der Waals surface area contributed by atoms with E-state index >= 15 is 0 Å². The van der Waals surface area contributed by atoms with E-state index in [1.807, 2.05) is 64.1 Å². The number of hydrogen-bond acceptors (Lipinski definition) is 16. The number of aromatic amines is 4. The van der Waals surface area contributed by atoms with Gasteiger partial charge in [0.25, 0.3) is 0 Å². The largest absolute Gasteiger partial charge is 4.00 e. The minimum Gasteiger partial charge on any atom is -0.550 e. The van der Waals surface area contributed by atoms with E-state index < -0.39 is 35.7 Å². The van der Waals surface area contributed by atoms with Crippen molar-refractivity contribution in [1.82, 2.24) is 39.9 Å². The maximum absolute atomic E-state index is 11.4. The third kappa shape index (κ3) is 18.2. The summed E-state index contributed by atoms with van der Waals surface area (Å²) in [6, 6.07) is 16.2. The van der Waals surface area contributed by atoms with Gasteiger partial charge in [-0.2, -0.15) is 0 Å². The summed E-state index contributed by atoms with van der Waals surface area (Å²) in [6.45, 7) is 24.5. The SMILES string of the molecule is CCC1=C(C)c2cc3[nH]c(cc4nc(cc5[nH]c(cc1n2)c(C)c5CCC(=O)[O-])C(CCC(=O)[O-])=C4C)c(C)c3CC.CCC1=C(C)c2cc3[nH]c(cc4nc(cc5[nH]c(cc1n2)c(C)c5CCC(=O)[O-])C(CCC(=O)[O-])=C4C)c(C)c3CC.NC(=O)CCO.NC(=O)CCO.[Pt+4]. The minimum absolute atomic E-state index is 0. The summed E-state index contributed by atoms with van der Waals surface area (Å²) < 4.78 is 0. The summed E-state index contributed by atoms with van der Waals surface area (Å²) >= 11 is 0. The number of carboxylic acids is 4. The molecule has 4 aliphatic rings. The average Bonchev–Trinajstić information content (AvgIpc) is 1.63. The fourth-order valence-corrected chi connectivity index (χ4v) is 12.6. The zero-order chi connectivity index (χ0) is 70.6. The normalized spacial score (nSPS) is 12.5. The Bertz CT molecular complexity index is 4290. The predicted molar refractivity (Wildman–Crippen MR) is 367 cm³/mol. The molecule has 10 rings (SSSR count). The molecule has 0 unspecified atom stereocenters. The van der Waals surface area contributed by atoms with Crippen molar-refractivity contribution in [3.05, 3.63) is 139 Å². The number of allylic oxidation sites excluding steroid dienone is 8. The van der Waals surface area contributed by atoms with E-state index in [1.165, 1.54) is 11.1 Å². The Hall–Kier alpha value is -9.37. The first-order chi connectivity index (χ1) is 45.6. The molecule has 0 saturated heterocycles. The van der Waals surface area contributed by atoms with E-state index in [9.17, 15) is 49.2 Å². The molecule has 2 amide bonds. The van der Waals surface area contributed by atoms with Gasteiger partial charge in [-0.15, -0.1) is 0 Å². The van der Waals surface area contributed by atoms with Gasteiger partial charge in [0.05, 0.1) is 58.8 Å². The zero-order valence-electron chi connectivity index (χ0n) is 57.2. The quantitative estimate of drug-likeness (QED) is 0.0363. The molecule has 97 heavy (non-hydrogen) atoms. The van der Waals surface area contributed by atoms with Gasteiger partial charge in [-0.05, 0) is 270 Å². The molecular weight excluding hydrogens is 1420 g/mol. The monoisotopic (exact) mass is 1500 g/mol. The van der Waals surface area contributed by atoms with Crippen LogP contribution in [0.4, 0.5) is 0 Å². The maximum atomic E-state index is 11.4. The van der Waals surface area contributed by atoms with Gasteiger partial charge in [0.15, 0.2) is 0 Å². The molecule has 0 aromatic carbocycles. The van der Waals surface area contributed by atoms with Crippen LogP contribution in [-0.2, 0) is 75.5 Å². The van der Waals surface area contributed by atoms with Gasteiger partial charge in [-0.1, -0.05) is 27.7 Å². The first kappa shape index (κ1) is 76.6. The van der Waals surface area contributed by atoms with Crippen LogP contribution in [0.15, 0.2) is 48.5 Å². The van der Waals surface area contributed by atoms with E-state index in [0.29, 0.717) is 11.4 Å². The molecule has 10 N–H and O–H groups in total. The second kappa shape index (κ2) is 34.0. The Labute approximate surface area is 577 Å². The minimum atomic E-state index is -1.12. The third-order valence-electron chi connectivity index (χ3n) is 18.0. The topological polar surface area (TPSA) is 402 Å². The molecule has 0 atom stereocenters. The summed E-state index contributed by atoms with van der Waals surface area (Å²) in [4.78, 5) is 99.3. The van der Waals surface area contributed by atoms with Gasteiger partial charge in [0, 0.05) is 80.9 Å². The van der Waals surface area contributed by atoms with E-state index in [2.05, 4.69) is 98.9 Å². The van der Waals surface area contributed by atoms with Crippen LogP contribution in [0.25, 0.3) is 88.7 Å². The van der Waals surface area contributed by atoms with Crippen molar-refractivity contribution in [3.63, 3.8) is 0 Å². The number of carbonyl (C=O) groups is 6. The van der Waals surface area contributed by atoms with Crippen LogP contribution in [0.3, 0.4) is 0 Å². The van der Waals surface area contributed by atoms with Crippen molar-refractivity contribution >= 4 is 124 Å². The number of aliphatic hydroxyl groups is 2. The van der Waals surface area contributed by atoms with Gasteiger partial charge < -0.3 is 81.2 Å². The molecule has 0 radical (unpaired) electrons. The summed E-state index contributed by atoms with van der Waals surface area (Å²) in [5.41, 5.74) is 39.1. The third-order valence-corrected chi connectivity index (χ3v) is 18.0. The van der Waals surface area contributed by atoms with Crippen LogP contribution in [0, 0.1) is 27.7 Å². The van der Waals surface area contributed by atoms with E-state index in [-0.39, 0.29) is 98.5 Å². The summed E-state index contributed by atoms with van der Waals surface area (Å²) in [5.74, 6) is -5.40. The average molecular weight is 1500 g/mol. The van der Waals surface area contributed by atoms with Crippen LogP contribution >= 0.6 is 0 Å². The van der Waals surface area contributed by atoms with Crippen LogP contribution in [0.5, 0.6) is 0 Å². The molecular formula is C74H86N10O12Pt. The number of H-pyrrole nitrogens is 4. The number of aryl methyl sites for hydroxylation is 8. The Balaban J connectivity index is 0.000000260. The van der Waals surface area contributed by atoms with Gasteiger partial charge in [0.2, 0.25) is 11.8 Å². The van der Waals surface area contributed by atoms with Crippen molar-refractivity contribution in [2.24, 2.45) is 11.5 Å². The molecule has 0 saturated carbocycles. The van der Waals surface area contributed by atoms with Crippen molar-refractivity contribution in [2.75, 3.05) is 13.2 Å². The van der Waals surface area contributed by atoms with Crippen LogP contribution in [0.2, 0.25) is 0 Å². The van der Waals surface area contributed by atoms with Gasteiger partial charge in [-0.3, -0.25) is 9.59 Å². The Kier molecular flexibility index (Phi) is 26.9. The number of primary amides is 2. The summed E-state index contributed by atoms with van der Waals surface area (Å²) in [5, 5.41) is 61.6. The number of nitrogens with one attached hydrogen (secondary N) is 4. The molecule has 0 aliphatic carbocycles. The zero-order valence-corrected chi connectivity index (χ0v) is 59.4. The number of aliphatic carboxylic acids is 4. The van der Waals surface area contributed by atoms with Gasteiger partial charge in [0.1, 0.15) is 0 Å². The standard InChI is InChI=1S/2C34H38N4O4.2C3H7NO2.Pt/c2*1-7-21-17(3)25-13-26-19(5)23(9-11-33(39)40)31(37-26)16-32-24(10-12-34(41)42)20(6)28(38-32)15-30-22(8-2)18(4)27(36-30)14-29(21)35-25;2*4-3(6)1-2-5;/h2*13-16,35,38H,7-12H2,1-6H3,(H,39,40)(H,41,42);2*5H,1-2H2,(H2,4,6);/q;;;;+4/p-4. The van der Waals surface area contributed by atoms with Crippen molar-refractivity contribution in [3.8, 4) is 0 Å². The van der Waals surface area contributed by atoms with E-state index in [1.54, 1.807) is 0 Å². The number of carbonyl (C=O) groups excluding carboxylic acids is 6.